The van der Waals surface area contributed by atoms with Crippen LogP contribution in [0.2, 0.25) is 0 Å². The van der Waals surface area contributed by atoms with Crippen molar-refractivity contribution in [1.29, 1.82) is 0 Å². The molecule has 3 fully saturated rings. The lowest BCUT2D eigenvalue weighted by Crippen LogP contribution is -2.43. The van der Waals surface area contributed by atoms with Crippen molar-refractivity contribution in [3.8, 4) is 0 Å². The normalized spacial score (nSPS) is 24.7. The van der Waals surface area contributed by atoms with Gasteiger partial charge in [0, 0.05) is 32.2 Å². The van der Waals surface area contributed by atoms with E-state index in [1.54, 1.807) is 0 Å². The number of likely N-dealkylation sites (tertiary alicyclic amines) is 2. The van der Waals surface area contributed by atoms with Gasteiger partial charge in [-0.05, 0) is 69.5 Å². The number of hydrogen-bond acceptors (Lipinski definition) is 2. The predicted molar refractivity (Wildman–Crippen MR) is 124 cm³/mol. The van der Waals surface area contributed by atoms with Crippen LogP contribution in [0.3, 0.4) is 0 Å². The molecule has 5 heteroatoms. The maximum Gasteiger partial charge on any atom is 0.193 e. The fourth-order valence-electron chi connectivity index (χ4n) is 4.60. The van der Waals surface area contributed by atoms with Gasteiger partial charge < -0.3 is 10.2 Å². The maximum atomic E-state index is 5.10. The van der Waals surface area contributed by atoms with E-state index in [2.05, 4.69) is 52.4 Å². The highest BCUT2D eigenvalue weighted by Gasteiger charge is 2.42. The van der Waals surface area contributed by atoms with E-state index in [0.717, 1.165) is 38.2 Å². The van der Waals surface area contributed by atoms with E-state index >= 15 is 0 Å². The molecule has 2 saturated heterocycles. The van der Waals surface area contributed by atoms with Crippen molar-refractivity contribution >= 4 is 29.9 Å². The van der Waals surface area contributed by atoms with Gasteiger partial charge in [0.2, 0.25) is 0 Å². The van der Waals surface area contributed by atoms with Crippen LogP contribution < -0.4 is 5.32 Å². The van der Waals surface area contributed by atoms with Gasteiger partial charge in [-0.3, -0.25) is 9.89 Å². The number of aliphatic imine (C=N–C) groups is 1. The van der Waals surface area contributed by atoms with Crippen molar-refractivity contribution in [3.63, 3.8) is 0 Å². The topological polar surface area (TPSA) is 30.9 Å². The summed E-state index contributed by atoms with van der Waals surface area (Å²) in [6, 6.07) is 11.7. The van der Waals surface area contributed by atoms with Gasteiger partial charge in [0.05, 0.1) is 0 Å². The molecule has 0 bridgehead atoms. The Kier molecular flexibility index (Phi) is 7.42. The van der Waals surface area contributed by atoms with E-state index < -0.39 is 0 Å². The first-order valence-corrected chi connectivity index (χ1v) is 10.6. The summed E-state index contributed by atoms with van der Waals surface area (Å²) >= 11 is 0. The number of nitrogens with zero attached hydrogens (tertiary/aromatic N) is 3. The Labute approximate surface area is 181 Å². The minimum absolute atomic E-state index is 0. The SMILES string of the molecule is CCNC(=NCC1(Cc2ccccc2)CC1)N1CCC(N2CCCC2)C1.I. The van der Waals surface area contributed by atoms with Crippen LogP contribution in [0.15, 0.2) is 35.3 Å². The monoisotopic (exact) mass is 482 g/mol. The summed E-state index contributed by atoms with van der Waals surface area (Å²) in [7, 11) is 0. The molecule has 1 aliphatic carbocycles. The minimum Gasteiger partial charge on any atom is -0.357 e. The van der Waals surface area contributed by atoms with Gasteiger partial charge >= 0.3 is 0 Å². The standard InChI is InChI=1S/C22H34N4.HI/c1-2-23-21(26-15-10-20(17-26)25-13-6-7-14-25)24-18-22(11-12-22)16-19-8-4-3-5-9-19;/h3-5,8-9,20H,2,6-7,10-18H2,1H3,(H,23,24);1H. The average Bonchev–Trinajstić information content (AvgIpc) is 3.08. The third kappa shape index (κ3) is 5.37. The van der Waals surface area contributed by atoms with Crippen LogP contribution >= 0.6 is 24.0 Å². The van der Waals surface area contributed by atoms with Crippen molar-refractivity contribution in [1.82, 2.24) is 15.1 Å². The first-order chi connectivity index (χ1) is 12.8. The lowest BCUT2D eigenvalue weighted by Gasteiger charge is -2.26. The number of benzene rings is 1. The van der Waals surface area contributed by atoms with Gasteiger partial charge in [0.25, 0.3) is 0 Å². The lowest BCUT2D eigenvalue weighted by molar-refractivity contribution is 0.249. The first kappa shape index (κ1) is 20.9. The van der Waals surface area contributed by atoms with Gasteiger partial charge in [0.15, 0.2) is 5.96 Å². The van der Waals surface area contributed by atoms with Gasteiger partial charge in [-0.2, -0.15) is 0 Å². The van der Waals surface area contributed by atoms with Crippen LogP contribution in [0, 0.1) is 5.41 Å². The molecule has 1 unspecified atom stereocenters. The zero-order valence-electron chi connectivity index (χ0n) is 16.7. The van der Waals surface area contributed by atoms with Crippen molar-refractivity contribution in [3.05, 3.63) is 35.9 Å². The molecule has 1 aromatic carbocycles. The Balaban J connectivity index is 0.00000210. The molecule has 1 N–H and O–H groups in total. The smallest absolute Gasteiger partial charge is 0.193 e. The average molecular weight is 482 g/mol. The second-order valence-electron chi connectivity index (χ2n) is 8.46. The third-order valence-electron chi connectivity index (χ3n) is 6.40. The zero-order chi connectivity index (χ0) is 17.8. The summed E-state index contributed by atoms with van der Waals surface area (Å²) in [5.74, 6) is 1.15. The van der Waals surface area contributed by atoms with Gasteiger partial charge in [0.1, 0.15) is 0 Å². The fraction of sp³-hybridized carbons (Fsp3) is 0.682. The predicted octanol–water partition coefficient (Wildman–Crippen LogP) is 3.76. The molecule has 1 aromatic rings. The second kappa shape index (κ2) is 9.59. The summed E-state index contributed by atoms with van der Waals surface area (Å²) in [4.78, 5) is 10.3. The minimum atomic E-state index is 0. The quantitative estimate of drug-likeness (QED) is 0.381. The fourth-order valence-corrected chi connectivity index (χ4v) is 4.60. The summed E-state index contributed by atoms with van der Waals surface area (Å²) in [6.45, 7) is 9.00. The van der Waals surface area contributed by atoms with Crippen LogP contribution in [0.4, 0.5) is 0 Å². The summed E-state index contributed by atoms with van der Waals surface area (Å²) in [5.41, 5.74) is 1.87. The van der Waals surface area contributed by atoms with Gasteiger partial charge in [-0.15, -0.1) is 24.0 Å². The molecule has 0 amide bonds. The van der Waals surface area contributed by atoms with Crippen molar-refractivity contribution in [2.45, 2.75) is 51.5 Å². The molecule has 2 heterocycles. The molecule has 0 spiro atoms. The summed E-state index contributed by atoms with van der Waals surface area (Å²) in [6.07, 6.45) is 7.87. The van der Waals surface area contributed by atoms with Crippen molar-refractivity contribution in [2.24, 2.45) is 10.4 Å². The van der Waals surface area contributed by atoms with E-state index in [4.69, 9.17) is 4.99 Å². The van der Waals surface area contributed by atoms with E-state index in [1.165, 1.54) is 57.2 Å². The molecule has 0 aromatic heterocycles. The maximum absolute atomic E-state index is 5.10. The van der Waals surface area contributed by atoms with E-state index in [1.807, 2.05) is 0 Å². The van der Waals surface area contributed by atoms with E-state index in [-0.39, 0.29) is 24.0 Å². The highest BCUT2D eigenvalue weighted by molar-refractivity contribution is 14.0. The highest BCUT2D eigenvalue weighted by atomic mass is 127. The van der Waals surface area contributed by atoms with Crippen molar-refractivity contribution < 1.29 is 0 Å². The molecule has 4 nitrogen and oxygen atoms in total. The molecule has 3 aliphatic rings. The van der Waals surface area contributed by atoms with Gasteiger partial charge in [-0.25, -0.2) is 0 Å². The third-order valence-corrected chi connectivity index (χ3v) is 6.40. The Hall–Kier alpha value is -0.820. The highest BCUT2D eigenvalue weighted by Crippen LogP contribution is 2.48. The number of guanidine groups is 1. The van der Waals surface area contributed by atoms with E-state index in [0.29, 0.717) is 5.41 Å². The zero-order valence-corrected chi connectivity index (χ0v) is 19.0. The number of halogens is 1. The van der Waals surface area contributed by atoms with Crippen molar-refractivity contribution in [2.75, 3.05) is 39.3 Å². The molecule has 0 radical (unpaired) electrons. The van der Waals surface area contributed by atoms with E-state index in [9.17, 15) is 0 Å². The molecule has 4 rings (SSSR count). The number of hydrogen-bond donors (Lipinski definition) is 1. The Morgan fingerprint density at radius 1 is 1.15 bits per heavy atom. The Morgan fingerprint density at radius 2 is 1.89 bits per heavy atom. The Morgan fingerprint density at radius 3 is 2.56 bits per heavy atom. The Bertz CT molecular complexity index is 608. The first-order valence-electron chi connectivity index (χ1n) is 10.6. The lowest BCUT2D eigenvalue weighted by atomic mass is 9.97. The van der Waals surface area contributed by atoms with Crippen LogP contribution in [-0.4, -0.2) is 61.1 Å². The van der Waals surface area contributed by atoms with Crippen LogP contribution in [-0.2, 0) is 6.42 Å². The molecular formula is C22H35IN4. The molecule has 1 atom stereocenters. The molecule has 150 valence electrons. The largest absolute Gasteiger partial charge is 0.357 e. The number of nitrogens with one attached hydrogen (secondary N) is 1. The van der Waals surface area contributed by atoms with Crippen LogP contribution in [0.25, 0.3) is 0 Å². The van der Waals surface area contributed by atoms with Crippen LogP contribution in [0.5, 0.6) is 0 Å². The van der Waals surface area contributed by atoms with Crippen LogP contribution in [0.1, 0.15) is 44.6 Å². The second-order valence-corrected chi connectivity index (χ2v) is 8.46. The summed E-state index contributed by atoms with van der Waals surface area (Å²) < 4.78 is 0. The van der Waals surface area contributed by atoms with Gasteiger partial charge in [-0.1, -0.05) is 30.3 Å². The number of rotatable bonds is 6. The molecule has 1 saturated carbocycles. The molecule has 2 aliphatic heterocycles. The summed E-state index contributed by atoms with van der Waals surface area (Å²) in [5, 5.41) is 3.56. The molecular weight excluding hydrogens is 447 g/mol. The molecule has 27 heavy (non-hydrogen) atoms.